The number of hydrogen-bond acceptors (Lipinski definition) is 2. The lowest BCUT2D eigenvalue weighted by atomic mass is 10.1. The first-order valence-electron chi connectivity index (χ1n) is 4.78. The number of para-hydroxylation sites is 1. The number of aromatic nitrogens is 1. The Bertz CT molecular complexity index is 417. The van der Waals surface area contributed by atoms with Crippen molar-refractivity contribution in [3.63, 3.8) is 0 Å². The number of nitrogens with two attached hydrogens (primary N) is 1. The van der Waals surface area contributed by atoms with Gasteiger partial charge < -0.3 is 4.98 Å². The van der Waals surface area contributed by atoms with E-state index in [0.717, 1.165) is 13.0 Å². The molecule has 0 fully saturated rings. The van der Waals surface area contributed by atoms with Gasteiger partial charge in [0.25, 0.3) is 0 Å². The molecule has 0 amide bonds. The Kier molecular flexibility index (Phi) is 2.52. The van der Waals surface area contributed by atoms with Crippen LogP contribution in [-0.2, 0) is 6.42 Å². The van der Waals surface area contributed by atoms with Crippen molar-refractivity contribution in [2.75, 3.05) is 13.6 Å². The summed E-state index contributed by atoms with van der Waals surface area (Å²) < 4.78 is 0. The molecule has 1 heterocycles. The zero-order chi connectivity index (χ0) is 9.97. The monoisotopic (exact) mass is 189 g/mol. The van der Waals surface area contributed by atoms with E-state index in [4.69, 9.17) is 5.84 Å². The molecule has 0 saturated carbocycles. The van der Waals surface area contributed by atoms with Gasteiger partial charge in [0.15, 0.2) is 0 Å². The summed E-state index contributed by atoms with van der Waals surface area (Å²) in [5.41, 5.74) is 2.53. The summed E-state index contributed by atoms with van der Waals surface area (Å²) >= 11 is 0. The van der Waals surface area contributed by atoms with Crippen LogP contribution in [0.2, 0.25) is 0 Å². The largest absolute Gasteiger partial charge is 0.361 e. The fourth-order valence-electron chi connectivity index (χ4n) is 1.64. The molecule has 0 atom stereocenters. The van der Waals surface area contributed by atoms with Gasteiger partial charge in [-0.1, -0.05) is 18.2 Å². The molecule has 74 valence electrons. The highest BCUT2D eigenvalue weighted by Crippen LogP contribution is 2.17. The number of nitrogens with one attached hydrogen (secondary N) is 1. The fourth-order valence-corrected chi connectivity index (χ4v) is 1.64. The van der Waals surface area contributed by atoms with Crippen molar-refractivity contribution < 1.29 is 0 Å². The zero-order valence-electron chi connectivity index (χ0n) is 8.33. The van der Waals surface area contributed by atoms with E-state index in [-0.39, 0.29) is 0 Å². The number of nitrogens with zero attached hydrogens (tertiary/aromatic N) is 1. The Morgan fingerprint density at radius 3 is 2.93 bits per heavy atom. The highest BCUT2D eigenvalue weighted by Gasteiger charge is 2.02. The van der Waals surface area contributed by atoms with Gasteiger partial charge in [-0.2, -0.15) is 0 Å². The Morgan fingerprint density at radius 1 is 1.36 bits per heavy atom. The van der Waals surface area contributed by atoms with Crippen molar-refractivity contribution in [2.45, 2.75) is 6.42 Å². The van der Waals surface area contributed by atoms with Crippen LogP contribution in [0.1, 0.15) is 5.56 Å². The zero-order valence-corrected chi connectivity index (χ0v) is 8.33. The lowest BCUT2D eigenvalue weighted by molar-refractivity contribution is 0.354. The summed E-state index contributed by atoms with van der Waals surface area (Å²) in [6.45, 7) is 0.877. The molecular formula is C11H15N3. The van der Waals surface area contributed by atoms with E-state index >= 15 is 0 Å². The van der Waals surface area contributed by atoms with Crippen molar-refractivity contribution >= 4 is 10.9 Å². The molecule has 2 aromatic rings. The topological polar surface area (TPSA) is 45.0 Å². The van der Waals surface area contributed by atoms with Crippen molar-refractivity contribution in [3.8, 4) is 0 Å². The molecule has 3 heteroatoms. The number of aromatic amines is 1. The highest BCUT2D eigenvalue weighted by molar-refractivity contribution is 5.83. The molecule has 0 radical (unpaired) electrons. The Balaban J connectivity index is 2.25. The van der Waals surface area contributed by atoms with Crippen LogP contribution in [0.3, 0.4) is 0 Å². The quantitative estimate of drug-likeness (QED) is 0.568. The van der Waals surface area contributed by atoms with Crippen LogP contribution < -0.4 is 5.84 Å². The third-order valence-electron chi connectivity index (χ3n) is 2.41. The predicted molar refractivity (Wildman–Crippen MR) is 58.8 cm³/mol. The van der Waals surface area contributed by atoms with Gasteiger partial charge >= 0.3 is 0 Å². The molecule has 14 heavy (non-hydrogen) atoms. The lowest BCUT2D eigenvalue weighted by Gasteiger charge is -2.07. The summed E-state index contributed by atoms with van der Waals surface area (Å²) in [6.07, 6.45) is 3.05. The van der Waals surface area contributed by atoms with E-state index in [0.29, 0.717) is 0 Å². The van der Waals surface area contributed by atoms with Crippen LogP contribution in [-0.4, -0.2) is 23.6 Å². The molecule has 1 aromatic heterocycles. The van der Waals surface area contributed by atoms with Crippen LogP contribution in [0.25, 0.3) is 10.9 Å². The molecule has 3 N–H and O–H groups in total. The summed E-state index contributed by atoms with van der Waals surface area (Å²) in [4.78, 5) is 3.25. The normalized spacial score (nSPS) is 11.4. The Morgan fingerprint density at radius 2 is 2.14 bits per heavy atom. The maximum absolute atomic E-state index is 5.58. The molecular weight excluding hydrogens is 174 g/mol. The molecule has 0 aliphatic heterocycles. The number of hydrazine groups is 1. The standard InChI is InChI=1S/C11H15N3/c1-14(12)7-6-9-8-13-11-5-3-2-4-10(9)11/h2-5,8,13H,6-7,12H2,1H3. The van der Waals surface area contributed by atoms with E-state index < -0.39 is 0 Å². The van der Waals surface area contributed by atoms with Crippen molar-refractivity contribution in [3.05, 3.63) is 36.0 Å². The van der Waals surface area contributed by atoms with Gasteiger partial charge in [0.2, 0.25) is 0 Å². The van der Waals surface area contributed by atoms with Gasteiger partial charge in [-0.3, -0.25) is 5.84 Å². The highest BCUT2D eigenvalue weighted by atomic mass is 15.4. The molecule has 0 saturated heterocycles. The SMILES string of the molecule is CN(N)CCc1c[nH]c2ccccc12. The number of rotatable bonds is 3. The maximum Gasteiger partial charge on any atom is 0.0456 e. The lowest BCUT2D eigenvalue weighted by Crippen LogP contribution is -2.28. The average molecular weight is 189 g/mol. The summed E-state index contributed by atoms with van der Waals surface area (Å²) in [5, 5.41) is 3.01. The number of likely N-dealkylation sites (N-methyl/N-ethyl adjacent to an activating group) is 1. The third-order valence-corrected chi connectivity index (χ3v) is 2.41. The molecule has 1 aromatic carbocycles. The van der Waals surface area contributed by atoms with Crippen LogP contribution in [0.5, 0.6) is 0 Å². The summed E-state index contributed by atoms with van der Waals surface area (Å²) in [5.74, 6) is 5.58. The molecule has 0 spiro atoms. The molecule has 0 aliphatic carbocycles. The van der Waals surface area contributed by atoms with Gasteiger partial charge in [0.1, 0.15) is 0 Å². The Labute approximate surface area is 83.5 Å². The first-order chi connectivity index (χ1) is 6.77. The third kappa shape index (κ3) is 1.78. The number of fused-ring (bicyclic) bond motifs is 1. The number of hydrogen-bond donors (Lipinski definition) is 2. The van der Waals surface area contributed by atoms with E-state index in [9.17, 15) is 0 Å². The van der Waals surface area contributed by atoms with Crippen molar-refractivity contribution in [2.24, 2.45) is 5.84 Å². The second-order valence-corrected chi connectivity index (χ2v) is 3.59. The first kappa shape index (κ1) is 9.24. The van der Waals surface area contributed by atoms with E-state index in [2.05, 4.69) is 29.4 Å². The number of H-pyrrole nitrogens is 1. The summed E-state index contributed by atoms with van der Waals surface area (Å²) in [6, 6.07) is 8.33. The minimum absolute atomic E-state index is 0.877. The Hall–Kier alpha value is -1.32. The predicted octanol–water partition coefficient (Wildman–Crippen LogP) is 1.52. The minimum atomic E-state index is 0.877. The number of benzene rings is 1. The second-order valence-electron chi connectivity index (χ2n) is 3.59. The van der Waals surface area contributed by atoms with E-state index in [1.807, 2.05) is 13.1 Å². The van der Waals surface area contributed by atoms with Crippen LogP contribution in [0, 0.1) is 0 Å². The van der Waals surface area contributed by atoms with Gasteiger partial charge in [0.05, 0.1) is 0 Å². The molecule has 2 rings (SSSR count). The van der Waals surface area contributed by atoms with Gasteiger partial charge in [-0.15, -0.1) is 0 Å². The van der Waals surface area contributed by atoms with Crippen molar-refractivity contribution in [1.29, 1.82) is 0 Å². The molecule has 0 bridgehead atoms. The van der Waals surface area contributed by atoms with Crippen LogP contribution in [0.15, 0.2) is 30.5 Å². The molecule has 3 nitrogen and oxygen atoms in total. The second kappa shape index (κ2) is 3.82. The minimum Gasteiger partial charge on any atom is -0.361 e. The fraction of sp³-hybridized carbons (Fsp3) is 0.273. The first-order valence-corrected chi connectivity index (χ1v) is 4.78. The van der Waals surface area contributed by atoms with Crippen LogP contribution >= 0.6 is 0 Å². The van der Waals surface area contributed by atoms with E-state index in [1.165, 1.54) is 16.5 Å². The molecule has 0 aliphatic rings. The van der Waals surface area contributed by atoms with Gasteiger partial charge in [-0.05, 0) is 18.1 Å². The van der Waals surface area contributed by atoms with Gasteiger partial charge in [0, 0.05) is 30.7 Å². The maximum atomic E-state index is 5.58. The van der Waals surface area contributed by atoms with Crippen LogP contribution in [0.4, 0.5) is 0 Å². The van der Waals surface area contributed by atoms with Gasteiger partial charge in [-0.25, -0.2) is 5.01 Å². The van der Waals surface area contributed by atoms with Crippen molar-refractivity contribution in [1.82, 2.24) is 9.99 Å². The van der Waals surface area contributed by atoms with E-state index in [1.54, 1.807) is 5.01 Å². The molecule has 0 unspecified atom stereocenters. The smallest absolute Gasteiger partial charge is 0.0456 e. The summed E-state index contributed by atoms with van der Waals surface area (Å²) in [7, 11) is 1.88. The average Bonchev–Trinajstić information content (AvgIpc) is 2.58.